The number of aromatic nitrogens is 5. The Kier molecular flexibility index (Phi) is 3.70. The molecular weight excluding hydrogens is 306 g/mol. The molecule has 2 aromatic heterocycles. The van der Waals surface area contributed by atoms with Crippen LogP contribution in [0.25, 0.3) is 11.2 Å². The first-order chi connectivity index (χ1) is 10.7. The minimum absolute atomic E-state index is 0.107. The molecule has 2 aromatic rings. The maximum Gasteiger partial charge on any atom is 0.266 e. The number of alkyl halides is 2. The van der Waals surface area contributed by atoms with E-state index in [0.717, 1.165) is 0 Å². The molecule has 0 bridgehead atoms. The van der Waals surface area contributed by atoms with E-state index in [1.54, 1.807) is 0 Å². The summed E-state index contributed by atoms with van der Waals surface area (Å²) in [7, 11) is 0. The molecule has 0 radical (unpaired) electrons. The van der Waals surface area contributed by atoms with Crippen LogP contribution in [0.15, 0.2) is 0 Å². The molecule has 23 heavy (non-hydrogen) atoms. The lowest BCUT2D eigenvalue weighted by molar-refractivity contribution is 0.0257. The highest BCUT2D eigenvalue weighted by molar-refractivity contribution is 5.83. The van der Waals surface area contributed by atoms with Gasteiger partial charge in [0.1, 0.15) is 5.82 Å². The fourth-order valence-corrected chi connectivity index (χ4v) is 2.56. The number of rotatable bonds is 3. The van der Waals surface area contributed by atoms with E-state index in [1.165, 1.54) is 9.58 Å². The number of nitrogens with zero attached hydrogens (tertiary/aromatic N) is 6. The van der Waals surface area contributed by atoms with Crippen molar-refractivity contribution in [2.75, 3.05) is 24.6 Å². The van der Waals surface area contributed by atoms with Crippen molar-refractivity contribution in [3.8, 4) is 0 Å². The van der Waals surface area contributed by atoms with Crippen LogP contribution in [0.3, 0.4) is 0 Å². The topological polar surface area (TPSA) is 80.0 Å². The summed E-state index contributed by atoms with van der Waals surface area (Å²) in [5.74, 6) is -1.79. The van der Waals surface area contributed by atoms with Crippen LogP contribution in [-0.4, -0.2) is 55.7 Å². The van der Waals surface area contributed by atoms with E-state index >= 15 is 0 Å². The molecule has 3 heterocycles. The molecule has 0 atom stereocenters. The predicted molar refractivity (Wildman–Crippen MR) is 80.7 cm³/mol. The van der Waals surface area contributed by atoms with Gasteiger partial charge in [-0.1, -0.05) is 26.0 Å². The average molecular weight is 326 g/mol. The van der Waals surface area contributed by atoms with Crippen molar-refractivity contribution in [1.29, 1.82) is 0 Å². The van der Waals surface area contributed by atoms with Crippen molar-refractivity contribution in [2.24, 2.45) is 0 Å². The first kappa shape index (κ1) is 16.0. The molecule has 126 valence electrons. The largest absolute Gasteiger partial charge is 0.394 e. The molecule has 1 aliphatic heterocycles. The number of anilines is 1. The van der Waals surface area contributed by atoms with Gasteiger partial charge in [-0.25, -0.2) is 23.4 Å². The highest BCUT2D eigenvalue weighted by atomic mass is 19.3. The van der Waals surface area contributed by atoms with E-state index in [2.05, 4.69) is 20.3 Å². The third-order valence-electron chi connectivity index (χ3n) is 3.80. The second-order valence-electron chi connectivity index (χ2n) is 6.86. The van der Waals surface area contributed by atoms with E-state index in [0.29, 0.717) is 22.8 Å². The highest BCUT2D eigenvalue weighted by Crippen LogP contribution is 2.33. The maximum atomic E-state index is 13.6. The third kappa shape index (κ3) is 2.97. The summed E-state index contributed by atoms with van der Waals surface area (Å²) < 4.78 is 28.6. The molecule has 3 rings (SSSR count). The molecule has 1 N–H and O–H groups in total. The van der Waals surface area contributed by atoms with Gasteiger partial charge in [0.05, 0.1) is 19.7 Å². The van der Waals surface area contributed by atoms with Crippen LogP contribution in [0.1, 0.15) is 33.0 Å². The Bertz CT molecular complexity index is 724. The summed E-state index contributed by atoms with van der Waals surface area (Å²) in [4.78, 5) is 10.5. The van der Waals surface area contributed by atoms with Crippen LogP contribution in [0.5, 0.6) is 0 Å². The Morgan fingerprint density at radius 1 is 1.26 bits per heavy atom. The molecule has 1 fully saturated rings. The Morgan fingerprint density at radius 2 is 2.00 bits per heavy atom. The summed E-state index contributed by atoms with van der Waals surface area (Å²) >= 11 is 0. The molecule has 0 aliphatic carbocycles. The van der Waals surface area contributed by atoms with Crippen LogP contribution >= 0.6 is 0 Å². The Balaban J connectivity index is 2.15. The minimum Gasteiger partial charge on any atom is -0.394 e. The Hall–Kier alpha value is -1.90. The van der Waals surface area contributed by atoms with Crippen molar-refractivity contribution in [2.45, 2.75) is 45.1 Å². The van der Waals surface area contributed by atoms with Gasteiger partial charge in [0, 0.05) is 18.4 Å². The predicted octanol–water partition coefficient (Wildman–Crippen LogP) is 1.36. The van der Waals surface area contributed by atoms with Gasteiger partial charge in [-0.2, -0.15) is 0 Å². The Labute approximate surface area is 132 Å². The summed E-state index contributed by atoms with van der Waals surface area (Å²) in [5, 5.41) is 17.1. The number of aliphatic hydroxyl groups excluding tert-OH is 1. The van der Waals surface area contributed by atoms with E-state index in [4.69, 9.17) is 5.11 Å². The quantitative estimate of drug-likeness (QED) is 0.917. The average Bonchev–Trinajstić information content (AvgIpc) is 3.01. The van der Waals surface area contributed by atoms with E-state index < -0.39 is 5.92 Å². The lowest BCUT2D eigenvalue weighted by Gasteiger charge is -2.22. The molecule has 1 saturated heterocycles. The molecule has 0 aromatic carbocycles. The van der Waals surface area contributed by atoms with Crippen LogP contribution < -0.4 is 4.90 Å². The standard InChI is InChI=1S/C14H20F2N6O/c1-13(2,3)12-17-10(21-5-4-14(15,16)8-21)9-11(18-12)22(6-7-23)20-19-9/h23H,4-8H2,1-3H3. The van der Waals surface area contributed by atoms with Gasteiger partial charge in [-0.05, 0) is 0 Å². The van der Waals surface area contributed by atoms with E-state index in [9.17, 15) is 8.78 Å². The number of hydrogen-bond acceptors (Lipinski definition) is 6. The van der Waals surface area contributed by atoms with Crippen LogP contribution in [0.2, 0.25) is 0 Å². The number of hydrogen-bond donors (Lipinski definition) is 1. The normalized spacial score (nSPS) is 18.1. The van der Waals surface area contributed by atoms with E-state index in [-0.39, 0.29) is 38.1 Å². The molecule has 1 aliphatic rings. The van der Waals surface area contributed by atoms with Crippen LogP contribution in [0, 0.1) is 0 Å². The summed E-state index contributed by atoms with van der Waals surface area (Å²) in [6.45, 7) is 5.84. The molecule has 0 amide bonds. The van der Waals surface area contributed by atoms with Crippen LogP contribution in [0.4, 0.5) is 14.6 Å². The van der Waals surface area contributed by atoms with Crippen LogP contribution in [-0.2, 0) is 12.0 Å². The van der Waals surface area contributed by atoms with Crippen molar-refractivity contribution >= 4 is 17.0 Å². The summed E-state index contributed by atoms with van der Waals surface area (Å²) in [5.41, 5.74) is 0.507. The minimum atomic E-state index is -2.72. The number of halogens is 2. The lowest BCUT2D eigenvalue weighted by Crippen LogP contribution is -2.27. The molecule has 0 spiro atoms. The van der Waals surface area contributed by atoms with Crippen molar-refractivity contribution < 1.29 is 13.9 Å². The molecule has 7 nitrogen and oxygen atoms in total. The van der Waals surface area contributed by atoms with Gasteiger partial charge in [0.2, 0.25) is 0 Å². The van der Waals surface area contributed by atoms with E-state index in [1.807, 2.05) is 20.8 Å². The van der Waals surface area contributed by atoms with Gasteiger partial charge in [0.25, 0.3) is 5.92 Å². The van der Waals surface area contributed by atoms with Crippen molar-refractivity contribution in [3.63, 3.8) is 0 Å². The smallest absolute Gasteiger partial charge is 0.266 e. The summed E-state index contributed by atoms with van der Waals surface area (Å²) in [6.07, 6.45) is -0.200. The van der Waals surface area contributed by atoms with Gasteiger partial charge >= 0.3 is 0 Å². The fourth-order valence-electron chi connectivity index (χ4n) is 2.56. The first-order valence-corrected chi connectivity index (χ1v) is 7.57. The van der Waals surface area contributed by atoms with Crippen molar-refractivity contribution in [1.82, 2.24) is 25.0 Å². The molecule has 9 heteroatoms. The zero-order valence-corrected chi connectivity index (χ0v) is 13.4. The highest BCUT2D eigenvalue weighted by Gasteiger charge is 2.40. The SMILES string of the molecule is CC(C)(C)c1nc(N2CCC(F)(F)C2)c2nnn(CCO)c2n1. The zero-order chi connectivity index (χ0) is 16.8. The summed E-state index contributed by atoms with van der Waals surface area (Å²) in [6, 6.07) is 0. The molecule has 0 unspecified atom stereocenters. The van der Waals surface area contributed by atoms with Gasteiger partial charge in [0.15, 0.2) is 17.0 Å². The monoisotopic (exact) mass is 326 g/mol. The maximum absolute atomic E-state index is 13.6. The zero-order valence-electron chi connectivity index (χ0n) is 13.4. The number of aliphatic hydroxyl groups is 1. The fraction of sp³-hybridized carbons (Fsp3) is 0.714. The molecule has 0 saturated carbocycles. The molecular formula is C14H20F2N6O. The van der Waals surface area contributed by atoms with Gasteiger partial charge in [-0.15, -0.1) is 5.10 Å². The third-order valence-corrected chi connectivity index (χ3v) is 3.80. The Morgan fingerprint density at radius 3 is 2.57 bits per heavy atom. The van der Waals surface area contributed by atoms with Crippen molar-refractivity contribution in [3.05, 3.63) is 5.82 Å². The second-order valence-corrected chi connectivity index (χ2v) is 6.86. The second kappa shape index (κ2) is 5.33. The number of fused-ring (bicyclic) bond motifs is 1. The van der Waals surface area contributed by atoms with Gasteiger partial charge in [-0.3, -0.25) is 0 Å². The first-order valence-electron chi connectivity index (χ1n) is 7.57. The van der Waals surface area contributed by atoms with Gasteiger partial charge < -0.3 is 10.0 Å². The lowest BCUT2D eigenvalue weighted by atomic mass is 9.96.